The summed E-state index contributed by atoms with van der Waals surface area (Å²) in [4.78, 5) is 28.1. The molecular weight excluding hydrogens is 246 g/mol. The maximum absolute atomic E-state index is 11.9. The van der Waals surface area contributed by atoms with Crippen molar-refractivity contribution < 1.29 is 14.7 Å². The number of imidazole rings is 1. The Morgan fingerprint density at radius 1 is 1.32 bits per heavy atom. The highest BCUT2D eigenvalue weighted by Crippen LogP contribution is 2.02. The van der Waals surface area contributed by atoms with E-state index in [2.05, 4.69) is 4.98 Å². The summed E-state index contributed by atoms with van der Waals surface area (Å²) in [5, 5.41) is 8.70. The minimum Gasteiger partial charge on any atom is -0.481 e. The molecule has 0 radical (unpaired) electrons. The maximum atomic E-state index is 11.9. The van der Waals surface area contributed by atoms with Crippen molar-refractivity contribution in [3.63, 3.8) is 0 Å². The van der Waals surface area contributed by atoms with Crippen LogP contribution in [0.2, 0.25) is 0 Å². The lowest BCUT2D eigenvalue weighted by atomic mass is 10.2. The van der Waals surface area contributed by atoms with Crippen LogP contribution in [-0.4, -0.2) is 44.5 Å². The van der Waals surface area contributed by atoms with Crippen molar-refractivity contribution in [2.45, 2.75) is 39.2 Å². The molecule has 1 heterocycles. The zero-order valence-corrected chi connectivity index (χ0v) is 11.3. The van der Waals surface area contributed by atoms with Crippen LogP contribution in [0.5, 0.6) is 0 Å². The van der Waals surface area contributed by atoms with Crippen molar-refractivity contribution in [1.29, 1.82) is 0 Å². The van der Waals surface area contributed by atoms with Crippen LogP contribution in [0.4, 0.5) is 0 Å². The van der Waals surface area contributed by atoms with Crippen molar-refractivity contribution in [1.82, 2.24) is 14.5 Å². The number of carbonyl (C=O) groups is 2. The molecule has 0 saturated heterocycles. The summed E-state index contributed by atoms with van der Waals surface area (Å²) in [5.74, 6) is -0.835. The molecule has 1 aromatic heterocycles. The van der Waals surface area contributed by atoms with Crippen LogP contribution in [-0.2, 0) is 16.1 Å². The third-order valence-corrected chi connectivity index (χ3v) is 2.82. The molecule has 106 valence electrons. The number of hydrogen-bond donors (Lipinski definition) is 1. The summed E-state index contributed by atoms with van der Waals surface area (Å²) in [7, 11) is 0. The van der Waals surface area contributed by atoms with Gasteiger partial charge in [-0.3, -0.25) is 9.59 Å². The SMILES string of the molecule is CCCC(=O)N(CCCn1ccnc1)CCC(=O)O. The Hall–Kier alpha value is -1.85. The van der Waals surface area contributed by atoms with E-state index in [0.717, 1.165) is 19.4 Å². The zero-order valence-electron chi connectivity index (χ0n) is 11.3. The molecule has 1 N–H and O–H groups in total. The van der Waals surface area contributed by atoms with Gasteiger partial charge in [0.1, 0.15) is 0 Å². The summed E-state index contributed by atoms with van der Waals surface area (Å²) in [6.45, 7) is 3.60. The first-order valence-corrected chi connectivity index (χ1v) is 6.58. The molecule has 1 aromatic rings. The minimum absolute atomic E-state index is 0.000525. The van der Waals surface area contributed by atoms with Gasteiger partial charge in [0.25, 0.3) is 0 Å². The average Bonchev–Trinajstić information content (AvgIpc) is 2.86. The molecule has 6 nitrogen and oxygen atoms in total. The highest BCUT2D eigenvalue weighted by atomic mass is 16.4. The van der Waals surface area contributed by atoms with E-state index in [9.17, 15) is 9.59 Å². The van der Waals surface area contributed by atoms with E-state index in [4.69, 9.17) is 5.11 Å². The van der Waals surface area contributed by atoms with Gasteiger partial charge >= 0.3 is 5.97 Å². The molecule has 19 heavy (non-hydrogen) atoms. The largest absolute Gasteiger partial charge is 0.481 e. The van der Waals surface area contributed by atoms with E-state index in [1.807, 2.05) is 17.7 Å². The van der Waals surface area contributed by atoms with Crippen LogP contribution < -0.4 is 0 Å². The van der Waals surface area contributed by atoms with Crippen LogP contribution in [0.15, 0.2) is 18.7 Å². The van der Waals surface area contributed by atoms with Gasteiger partial charge in [-0.05, 0) is 12.8 Å². The van der Waals surface area contributed by atoms with Crippen LogP contribution in [0.25, 0.3) is 0 Å². The fraction of sp³-hybridized carbons (Fsp3) is 0.615. The molecule has 0 unspecified atom stereocenters. The molecule has 6 heteroatoms. The van der Waals surface area contributed by atoms with Gasteiger partial charge in [0, 0.05) is 38.4 Å². The van der Waals surface area contributed by atoms with Gasteiger partial charge in [-0.15, -0.1) is 0 Å². The number of carboxylic acids is 1. The molecule has 0 aliphatic carbocycles. The Balaban J connectivity index is 2.38. The summed E-state index contributed by atoms with van der Waals surface area (Å²) >= 11 is 0. The molecule has 0 aliphatic heterocycles. The Bertz CT molecular complexity index is 390. The Morgan fingerprint density at radius 3 is 2.68 bits per heavy atom. The summed E-state index contributed by atoms with van der Waals surface area (Å²) < 4.78 is 1.94. The molecule has 0 spiro atoms. The van der Waals surface area contributed by atoms with Crippen molar-refractivity contribution in [2.75, 3.05) is 13.1 Å². The first-order chi connectivity index (χ1) is 9.13. The van der Waals surface area contributed by atoms with Gasteiger partial charge in [0.2, 0.25) is 5.91 Å². The number of aromatic nitrogens is 2. The van der Waals surface area contributed by atoms with Crippen LogP contribution in [0.1, 0.15) is 32.6 Å². The number of rotatable bonds is 9. The third-order valence-electron chi connectivity index (χ3n) is 2.82. The quantitative estimate of drug-likeness (QED) is 0.733. The fourth-order valence-electron chi connectivity index (χ4n) is 1.83. The van der Waals surface area contributed by atoms with E-state index in [1.54, 1.807) is 17.4 Å². The highest BCUT2D eigenvalue weighted by Gasteiger charge is 2.13. The molecule has 0 aliphatic rings. The molecule has 1 rings (SSSR count). The molecule has 0 fully saturated rings. The molecule has 0 bridgehead atoms. The third kappa shape index (κ3) is 6.03. The predicted octanol–water partition coefficient (Wildman–Crippen LogP) is 1.38. The molecular formula is C13H21N3O3. The summed E-state index contributed by atoms with van der Waals surface area (Å²) in [6, 6.07) is 0. The van der Waals surface area contributed by atoms with E-state index < -0.39 is 5.97 Å². The van der Waals surface area contributed by atoms with E-state index in [-0.39, 0.29) is 18.9 Å². The van der Waals surface area contributed by atoms with Gasteiger partial charge in [-0.2, -0.15) is 0 Å². The summed E-state index contributed by atoms with van der Waals surface area (Å²) in [5.41, 5.74) is 0. The number of aliphatic carboxylic acids is 1. The van der Waals surface area contributed by atoms with Crippen molar-refractivity contribution in [2.24, 2.45) is 0 Å². The standard InChI is InChI=1S/C13H21N3O3/c1-2-4-12(17)16(9-5-13(18)19)8-3-7-15-10-6-14-11-15/h6,10-11H,2-5,7-9H2,1H3,(H,18,19). The fourth-order valence-corrected chi connectivity index (χ4v) is 1.83. The Morgan fingerprint density at radius 2 is 2.11 bits per heavy atom. The monoisotopic (exact) mass is 267 g/mol. The Kier molecular flexibility index (Phi) is 6.63. The normalized spacial score (nSPS) is 10.4. The van der Waals surface area contributed by atoms with Gasteiger partial charge in [0.05, 0.1) is 12.7 Å². The number of amides is 1. The van der Waals surface area contributed by atoms with Gasteiger partial charge < -0.3 is 14.6 Å². The lowest BCUT2D eigenvalue weighted by Crippen LogP contribution is -2.34. The number of aryl methyl sites for hydroxylation is 1. The van der Waals surface area contributed by atoms with Gasteiger partial charge in [-0.1, -0.05) is 6.92 Å². The topological polar surface area (TPSA) is 75.4 Å². The molecule has 0 saturated carbocycles. The van der Waals surface area contributed by atoms with Crippen molar-refractivity contribution >= 4 is 11.9 Å². The lowest BCUT2D eigenvalue weighted by molar-refractivity contribution is -0.138. The minimum atomic E-state index is -0.871. The predicted molar refractivity (Wildman–Crippen MR) is 70.6 cm³/mol. The van der Waals surface area contributed by atoms with Crippen LogP contribution >= 0.6 is 0 Å². The average molecular weight is 267 g/mol. The maximum Gasteiger partial charge on any atom is 0.305 e. The van der Waals surface area contributed by atoms with Crippen molar-refractivity contribution in [3.05, 3.63) is 18.7 Å². The second-order valence-corrected chi connectivity index (χ2v) is 4.43. The highest BCUT2D eigenvalue weighted by molar-refractivity contribution is 5.76. The van der Waals surface area contributed by atoms with Crippen LogP contribution in [0.3, 0.4) is 0 Å². The van der Waals surface area contributed by atoms with Crippen LogP contribution in [0, 0.1) is 0 Å². The molecule has 1 amide bonds. The smallest absolute Gasteiger partial charge is 0.305 e. The Labute approximate surface area is 113 Å². The lowest BCUT2D eigenvalue weighted by Gasteiger charge is -2.22. The summed E-state index contributed by atoms with van der Waals surface area (Å²) in [6.07, 6.45) is 7.37. The zero-order chi connectivity index (χ0) is 14.1. The second-order valence-electron chi connectivity index (χ2n) is 4.43. The number of carbonyl (C=O) groups excluding carboxylic acids is 1. The molecule has 0 atom stereocenters. The first-order valence-electron chi connectivity index (χ1n) is 6.58. The number of hydrogen-bond acceptors (Lipinski definition) is 3. The number of carboxylic acid groups (broad SMARTS) is 1. The van der Waals surface area contributed by atoms with Gasteiger partial charge in [0.15, 0.2) is 0 Å². The van der Waals surface area contributed by atoms with E-state index in [1.165, 1.54) is 0 Å². The number of nitrogens with zero attached hydrogens (tertiary/aromatic N) is 3. The van der Waals surface area contributed by atoms with Crippen molar-refractivity contribution in [3.8, 4) is 0 Å². The second kappa shape index (κ2) is 8.29. The van der Waals surface area contributed by atoms with Gasteiger partial charge in [-0.25, -0.2) is 4.98 Å². The van der Waals surface area contributed by atoms with E-state index in [0.29, 0.717) is 13.0 Å². The van der Waals surface area contributed by atoms with E-state index >= 15 is 0 Å². The first kappa shape index (κ1) is 15.2. The molecule has 0 aromatic carbocycles.